The summed E-state index contributed by atoms with van der Waals surface area (Å²) in [4.78, 5) is 10.5. The highest BCUT2D eigenvalue weighted by Crippen LogP contribution is 2.44. The van der Waals surface area contributed by atoms with Gasteiger partial charge >= 0.3 is 5.97 Å². The van der Waals surface area contributed by atoms with Gasteiger partial charge in [0.15, 0.2) is 0 Å². The van der Waals surface area contributed by atoms with Crippen LogP contribution in [-0.4, -0.2) is 28.5 Å². The number of unbranched alkanes of at least 4 members (excludes halogenated alkanes) is 1. The zero-order chi connectivity index (χ0) is 18.3. The average molecular weight is 352 g/mol. The molecule has 2 rings (SSSR count). The van der Waals surface area contributed by atoms with E-state index in [0.717, 1.165) is 25.7 Å². The van der Waals surface area contributed by atoms with Crippen molar-refractivity contribution in [3.05, 3.63) is 24.3 Å². The molecule has 0 saturated heterocycles. The number of allylic oxidation sites excluding steroid dienone is 3. The lowest BCUT2D eigenvalue weighted by molar-refractivity contribution is -0.137. The molecule has 0 aromatic carbocycles. The van der Waals surface area contributed by atoms with Crippen molar-refractivity contribution in [2.24, 2.45) is 17.3 Å². The minimum atomic E-state index is -0.767. The first-order valence-corrected chi connectivity index (χ1v) is 9.78. The molecule has 2 saturated carbocycles. The van der Waals surface area contributed by atoms with Crippen molar-refractivity contribution < 1.29 is 19.4 Å². The molecule has 4 heteroatoms. The van der Waals surface area contributed by atoms with Gasteiger partial charge in [0.1, 0.15) is 6.17 Å². The first-order valence-electron chi connectivity index (χ1n) is 9.78. The van der Waals surface area contributed by atoms with Crippen molar-refractivity contribution in [1.29, 1.82) is 0 Å². The molecule has 2 aliphatic carbocycles. The molecule has 0 spiro atoms. The molecule has 2 N–H and O–H groups in total. The number of hydrogen-bond donors (Lipinski definition) is 2. The Hall–Kier alpha value is -1.16. The lowest BCUT2D eigenvalue weighted by Crippen LogP contribution is -2.38. The summed E-state index contributed by atoms with van der Waals surface area (Å²) in [5.41, 5.74) is 0.0841. The number of aliphatic hydroxyl groups is 1. The van der Waals surface area contributed by atoms with E-state index in [2.05, 4.69) is 19.1 Å². The third-order valence-electron chi connectivity index (χ3n) is 6.17. The second kappa shape index (κ2) is 9.51. The van der Waals surface area contributed by atoms with Crippen molar-refractivity contribution in [1.82, 2.24) is 0 Å². The molecule has 0 bridgehead atoms. The molecule has 0 aromatic heterocycles. The number of halogens is 1. The van der Waals surface area contributed by atoms with E-state index in [9.17, 15) is 14.3 Å². The molecule has 142 valence electrons. The van der Waals surface area contributed by atoms with Crippen LogP contribution >= 0.6 is 0 Å². The molecule has 0 aromatic rings. The highest BCUT2D eigenvalue weighted by Gasteiger charge is 2.38. The number of alkyl halides is 1. The second-order valence-electron chi connectivity index (χ2n) is 8.10. The molecule has 0 radical (unpaired) electrons. The van der Waals surface area contributed by atoms with Gasteiger partial charge in [-0.25, -0.2) is 4.39 Å². The molecule has 0 aliphatic heterocycles. The fourth-order valence-electron chi connectivity index (χ4n) is 4.09. The standard InChI is InChI=1S/C21H33FO3/c1-21(14-7-15-21)19(23)10-6-8-16-12-13-18(22)17(16)9-4-2-3-5-11-20(24)25/h2,4,6,8,16-19,23H,3,5,7,9-15H2,1H3,(H,24,25)/b4-2-,8-6+/t16-,17+,18?,19?/m0/s1. The zero-order valence-corrected chi connectivity index (χ0v) is 15.4. The van der Waals surface area contributed by atoms with Gasteiger partial charge in [0, 0.05) is 6.42 Å². The van der Waals surface area contributed by atoms with Crippen LogP contribution in [0.3, 0.4) is 0 Å². The Balaban J connectivity index is 1.74. The summed E-state index contributed by atoms with van der Waals surface area (Å²) < 4.78 is 14.2. The van der Waals surface area contributed by atoms with E-state index >= 15 is 0 Å². The van der Waals surface area contributed by atoms with Crippen molar-refractivity contribution >= 4 is 5.97 Å². The maximum absolute atomic E-state index is 14.2. The number of hydrogen-bond acceptors (Lipinski definition) is 2. The Kier molecular flexibility index (Phi) is 7.67. The maximum atomic E-state index is 14.2. The third-order valence-corrected chi connectivity index (χ3v) is 6.17. The van der Waals surface area contributed by atoms with Crippen molar-refractivity contribution in [3.63, 3.8) is 0 Å². The van der Waals surface area contributed by atoms with Gasteiger partial charge in [0.25, 0.3) is 0 Å². The van der Waals surface area contributed by atoms with E-state index in [1.54, 1.807) is 0 Å². The van der Waals surface area contributed by atoms with Crippen LogP contribution in [0.1, 0.15) is 71.1 Å². The van der Waals surface area contributed by atoms with Crippen LogP contribution in [0.4, 0.5) is 4.39 Å². The van der Waals surface area contributed by atoms with E-state index in [1.807, 2.05) is 12.2 Å². The van der Waals surface area contributed by atoms with Gasteiger partial charge in [-0.05, 0) is 68.6 Å². The quantitative estimate of drug-likeness (QED) is 0.427. The zero-order valence-electron chi connectivity index (χ0n) is 15.4. The van der Waals surface area contributed by atoms with Crippen molar-refractivity contribution in [2.75, 3.05) is 0 Å². The largest absolute Gasteiger partial charge is 0.481 e. The van der Waals surface area contributed by atoms with Gasteiger partial charge in [-0.3, -0.25) is 4.79 Å². The summed E-state index contributed by atoms with van der Waals surface area (Å²) in [5, 5.41) is 18.9. The third kappa shape index (κ3) is 5.95. The Morgan fingerprint density at radius 3 is 2.68 bits per heavy atom. The van der Waals surface area contributed by atoms with E-state index in [0.29, 0.717) is 25.7 Å². The maximum Gasteiger partial charge on any atom is 0.303 e. The number of aliphatic carboxylic acids is 1. The lowest BCUT2D eigenvalue weighted by Gasteiger charge is -2.42. The molecule has 2 aliphatic rings. The summed E-state index contributed by atoms with van der Waals surface area (Å²) in [6, 6.07) is 0. The normalized spacial score (nSPS) is 30.0. The first-order chi connectivity index (χ1) is 11.9. The highest BCUT2D eigenvalue weighted by atomic mass is 19.1. The Bertz CT molecular complexity index is 482. The van der Waals surface area contributed by atoms with Crippen LogP contribution in [-0.2, 0) is 4.79 Å². The number of carbonyl (C=O) groups is 1. The van der Waals surface area contributed by atoms with Gasteiger partial charge < -0.3 is 10.2 Å². The summed E-state index contributed by atoms with van der Waals surface area (Å²) in [6.45, 7) is 2.15. The lowest BCUT2D eigenvalue weighted by atomic mass is 9.66. The predicted molar refractivity (Wildman–Crippen MR) is 98.1 cm³/mol. The predicted octanol–water partition coefficient (Wildman–Crippen LogP) is 5.05. The smallest absolute Gasteiger partial charge is 0.303 e. The monoisotopic (exact) mass is 352 g/mol. The van der Waals surface area contributed by atoms with Gasteiger partial charge in [-0.1, -0.05) is 37.6 Å². The summed E-state index contributed by atoms with van der Waals surface area (Å²) >= 11 is 0. The van der Waals surface area contributed by atoms with Crippen molar-refractivity contribution in [3.8, 4) is 0 Å². The molecule has 4 atom stereocenters. The molecule has 2 fully saturated rings. The van der Waals surface area contributed by atoms with Crippen LogP contribution in [0.2, 0.25) is 0 Å². The molecular formula is C21H33FO3. The Morgan fingerprint density at radius 2 is 2.04 bits per heavy atom. The van der Waals surface area contributed by atoms with Gasteiger partial charge in [-0.2, -0.15) is 0 Å². The van der Waals surface area contributed by atoms with Crippen LogP contribution in [0, 0.1) is 17.3 Å². The van der Waals surface area contributed by atoms with E-state index in [1.165, 1.54) is 6.42 Å². The van der Waals surface area contributed by atoms with E-state index in [4.69, 9.17) is 5.11 Å². The number of carboxylic acids is 1. The summed E-state index contributed by atoms with van der Waals surface area (Å²) in [5.74, 6) is -0.500. The van der Waals surface area contributed by atoms with E-state index in [-0.39, 0.29) is 29.8 Å². The highest BCUT2D eigenvalue weighted by molar-refractivity contribution is 5.66. The Labute approximate surface area is 151 Å². The topological polar surface area (TPSA) is 57.5 Å². The fraction of sp³-hybridized carbons (Fsp3) is 0.762. The average Bonchev–Trinajstić information content (AvgIpc) is 2.88. The SMILES string of the molecule is CC1(C(O)C/C=C/[C@H]2CCC(F)[C@@H]2C/C=C\CCCC(=O)O)CCC1. The molecule has 0 amide bonds. The molecule has 2 unspecified atom stereocenters. The van der Waals surface area contributed by atoms with Gasteiger partial charge in [0.2, 0.25) is 0 Å². The fourth-order valence-corrected chi connectivity index (χ4v) is 4.09. The van der Waals surface area contributed by atoms with Crippen molar-refractivity contribution in [2.45, 2.75) is 83.4 Å². The molecular weight excluding hydrogens is 319 g/mol. The molecule has 0 heterocycles. The van der Waals surface area contributed by atoms with Crippen LogP contribution < -0.4 is 0 Å². The number of rotatable bonds is 10. The number of carboxylic acid groups (broad SMARTS) is 1. The molecule has 25 heavy (non-hydrogen) atoms. The summed E-state index contributed by atoms with van der Waals surface area (Å²) in [7, 11) is 0. The minimum absolute atomic E-state index is 0.0170. The molecule has 3 nitrogen and oxygen atoms in total. The number of aliphatic hydroxyl groups excluding tert-OH is 1. The minimum Gasteiger partial charge on any atom is -0.481 e. The van der Waals surface area contributed by atoms with E-state index < -0.39 is 12.1 Å². The van der Waals surface area contributed by atoms with Gasteiger partial charge in [-0.15, -0.1) is 0 Å². The van der Waals surface area contributed by atoms with Gasteiger partial charge in [0.05, 0.1) is 6.10 Å². The van der Waals surface area contributed by atoms with Crippen LogP contribution in [0.5, 0.6) is 0 Å². The second-order valence-corrected chi connectivity index (χ2v) is 8.10. The summed E-state index contributed by atoms with van der Waals surface area (Å²) in [6.07, 6.45) is 15.0. The first kappa shape index (κ1) is 20.2. The Morgan fingerprint density at radius 1 is 1.28 bits per heavy atom. The van der Waals surface area contributed by atoms with Crippen LogP contribution in [0.15, 0.2) is 24.3 Å². The van der Waals surface area contributed by atoms with Crippen LogP contribution in [0.25, 0.3) is 0 Å².